The van der Waals surface area contributed by atoms with Gasteiger partial charge in [0.05, 0.1) is 6.42 Å². The molecule has 2 aliphatic heterocycles. The van der Waals surface area contributed by atoms with Gasteiger partial charge in [0.2, 0.25) is 6.10 Å². The number of carbonyl (C=O) groups is 2. The minimum atomic E-state index is -0.809. The van der Waals surface area contributed by atoms with E-state index in [2.05, 4.69) is 35.1 Å². The van der Waals surface area contributed by atoms with Gasteiger partial charge in [0.1, 0.15) is 5.75 Å². The van der Waals surface area contributed by atoms with Gasteiger partial charge >= 0.3 is 33.1 Å². The zero-order valence-electron chi connectivity index (χ0n) is 11.5. The number of halogens is 1. The highest BCUT2D eigenvalue weighted by atomic mass is 127. The van der Waals surface area contributed by atoms with Crippen molar-refractivity contribution in [1.82, 2.24) is 0 Å². The summed E-state index contributed by atoms with van der Waals surface area (Å²) in [6.45, 7) is 0. The van der Waals surface area contributed by atoms with E-state index in [0.717, 1.165) is 6.42 Å². The third-order valence-corrected chi connectivity index (χ3v) is 6.93. The molecular formula is C17H12IO4+. The maximum Gasteiger partial charge on any atom is 0.358 e. The Labute approximate surface area is 137 Å². The van der Waals surface area contributed by atoms with Gasteiger partial charge in [0.25, 0.3) is 0 Å². The predicted molar refractivity (Wildman–Crippen MR) is 73.2 cm³/mol. The molecular weight excluding hydrogens is 395 g/mol. The van der Waals surface area contributed by atoms with Gasteiger partial charge in [-0.2, -0.15) is 0 Å². The third-order valence-electron chi connectivity index (χ3n) is 3.67. The monoisotopic (exact) mass is 407 g/mol. The maximum atomic E-state index is 11.5. The Bertz CT molecular complexity index is 784. The number of cyclic esters (lactones) is 2. The Balaban J connectivity index is 1.58. The molecule has 0 amide bonds. The normalized spacial score (nSPS) is 19.4. The van der Waals surface area contributed by atoms with Gasteiger partial charge in [-0.15, -0.1) is 0 Å². The fourth-order valence-corrected chi connectivity index (χ4v) is 5.39. The fraction of sp³-hybridized carbons (Fsp3) is 0.176. The van der Waals surface area contributed by atoms with E-state index in [9.17, 15) is 9.59 Å². The summed E-state index contributed by atoms with van der Waals surface area (Å²) >= 11 is -0.171. The second-order valence-corrected chi connectivity index (χ2v) is 8.08. The summed E-state index contributed by atoms with van der Waals surface area (Å²) in [6.07, 6.45) is 0.0680. The lowest BCUT2D eigenvalue weighted by Gasteiger charge is -2.13. The van der Waals surface area contributed by atoms with E-state index in [0.29, 0.717) is 5.75 Å². The van der Waals surface area contributed by atoms with Crippen LogP contribution < -0.4 is 25.9 Å². The maximum absolute atomic E-state index is 11.5. The molecule has 1 unspecified atom stereocenters. The quantitative estimate of drug-likeness (QED) is 0.309. The zero-order chi connectivity index (χ0) is 15.1. The predicted octanol–water partition coefficient (Wildman–Crippen LogP) is -1.06. The van der Waals surface area contributed by atoms with Crippen LogP contribution >= 0.6 is 0 Å². The average Bonchev–Trinajstić information content (AvgIpc) is 2.83. The van der Waals surface area contributed by atoms with Crippen LogP contribution in [0.5, 0.6) is 5.75 Å². The second-order valence-electron chi connectivity index (χ2n) is 5.22. The third kappa shape index (κ3) is 2.49. The topological polar surface area (TPSA) is 52.6 Å². The van der Waals surface area contributed by atoms with Gasteiger partial charge in [-0.3, -0.25) is 4.79 Å². The van der Waals surface area contributed by atoms with Crippen LogP contribution in [0, 0.1) is 7.14 Å². The summed E-state index contributed by atoms with van der Waals surface area (Å²) in [5, 5.41) is 0. The Hall–Kier alpha value is -1.89. The first-order valence-electron chi connectivity index (χ1n) is 6.96. The molecule has 2 heterocycles. The lowest BCUT2D eigenvalue weighted by Crippen LogP contribution is -3.62. The van der Waals surface area contributed by atoms with E-state index >= 15 is 0 Å². The molecule has 22 heavy (non-hydrogen) atoms. The molecule has 0 spiro atoms. The van der Waals surface area contributed by atoms with Crippen molar-refractivity contribution in [1.29, 1.82) is 0 Å². The highest BCUT2D eigenvalue weighted by molar-refractivity contribution is 5.96. The van der Waals surface area contributed by atoms with E-state index in [-0.39, 0.29) is 27.6 Å². The number of carbonyl (C=O) groups excluding carboxylic acids is 2. The number of ether oxygens (including phenoxy) is 2. The number of esters is 2. The summed E-state index contributed by atoms with van der Waals surface area (Å²) in [7, 11) is 0. The number of fused-ring (bicyclic) bond motifs is 2. The smallest absolute Gasteiger partial charge is 0.358 e. The molecule has 4 nitrogen and oxygen atoms in total. The van der Waals surface area contributed by atoms with E-state index in [1.807, 2.05) is 12.1 Å². The van der Waals surface area contributed by atoms with Crippen molar-refractivity contribution >= 4 is 11.9 Å². The number of hydrogen-bond donors (Lipinski definition) is 0. The molecule has 0 aliphatic carbocycles. The lowest BCUT2D eigenvalue weighted by atomic mass is 10.0. The molecule has 1 atom stereocenters. The molecule has 2 aromatic rings. The number of benzene rings is 2. The van der Waals surface area contributed by atoms with Crippen molar-refractivity contribution in [3.63, 3.8) is 0 Å². The van der Waals surface area contributed by atoms with Crippen molar-refractivity contribution in [2.75, 3.05) is 0 Å². The summed E-state index contributed by atoms with van der Waals surface area (Å²) in [5.41, 5.74) is 2.62. The molecule has 0 radical (unpaired) electrons. The SMILES string of the molecule is O=C1CC(Oc2ccc3c(c2)Cc2ccccc2[I+]3)C(=O)O1. The van der Waals surface area contributed by atoms with Crippen molar-refractivity contribution in [2.24, 2.45) is 0 Å². The Morgan fingerprint density at radius 1 is 1.05 bits per heavy atom. The van der Waals surface area contributed by atoms with Gasteiger partial charge in [-0.05, 0) is 24.3 Å². The lowest BCUT2D eigenvalue weighted by molar-refractivity contribution is -0.601. The molecule has 1 fully saturated rings. The Morgan fingerprint density at radius 2 is 1.86 bits per heavy atom. The first kappa shape index (κ1) is 13.8. The number of hydrogen-bond acceptors (Lipinski definition) is 4. The van der Waals surface area contributed by atoms with E-state index in [1.54, 1.807) is 0 Å². The molecule has 4 rings (SSSR count). The van der Waals surface area contributed by atoms with Crippen LogP contribution in [0.1, 0.15) is 17.5 Å². The Morgan fingerprint density at radius 3 is 2.68 bits per heavy atom. The summed E-state index contributed by atoms with van der Waals surface area (Å²) in [6, 6.07) is 14.5. The van der Waals surface area contributed by atoms with E-state index < -0.39 is 18.0 Å². The van der Waals surface area contributed by atoms with Crippen molar-refractivity contribution < 1.29 is 40.3 Å². The van der Waals surface area contributed by atoms with Crippen LogP contribution in [-0.2, 0) is 20.7 Å². The molecule has 0 aromatic heterocycles. The van der Waals surface area contributed by atoms with Gasteiger partial charge in [-0.25, -0.2) is 4.79 Å². The van der Waals surface area contributed by atoms with Crippen LogP contribution in [0.15, 0.2) is 42.5 Å². The highest BCUT2D eigenvalue weighted by Gasteiger charge is 2.36. The van der Waals surface area contributed by atoms with Gasteiger partial charge < -0.3 is 9.47 Å². The van der Waals surface area contributed by atoms with Crippen LogP contribution in [0.4, 0.5) is 0 Å². The molecule has 2 aromatic carbocycles. The summed E-state index contributed by atoms with van der Waals surface area (Å²) in [5.74, 6) is -0.493. The van der Waals surface area contributed by atoms with Gasteiger partial charge in [-0.1, -0.05) is 18.2 Å². The van der Waals surface area contributed by atoms with Crippen LogP contribution in [0.2, 0.25) is 0 Å². The molecule has 0 N–H and O–H groups in total. The Kier molecular flexibility index (Phi) is 3.37. The van der Waals surface area contributed by atoms with Crippen molar-refractivity contribution in [3.05, 3.63) is 60.7 Å². The minimum Gasteiger partial charge on any atom is -0.478 e. The molecule has 5 heteroatoms. The molecule has 110 valence electrons. The van der Waals surface area contributed by atoms with Crippen LogP contribution in [0.3, 0.4) is 0 Å². The molecule has 0 bridgehead atoms. The highest BCUT2D eigenvalue weighted by Crippen LogP contribution is 2.22. The number of rotatable bonds is 2. The second kappa shape index (κ2) is 5.39. The van der Waals surface area contributed by atoms with Crippen molar-refractivity contribution in [3.8, 4) is 5.75 Å². The fourth-order valence-electron chi connectivity index (χ4n) is 2.61. The average molecular weight is 407 g/mol. The molecule has 1 saturated heterocycles. The largest absolute Gasteiger partial charge is 0.478 e. The van der Waals surface area contributed by atoms with Crippen molar-refractivity contribution in [2.45, 2.75) is 18.9 Å². The minimum absolute atomic E-state index is 0.00825. The van der Waals surface area contributed by atoms with E-state index in [4.69, 9.17) is 4.74 Å². The van der Waals surface area contributed by atoms with Crippen LogP contribution in [-0.4, -0.2) is 18.0 Å². The van der Waals surface area contributed by atoms with E-state index in [1.165, 1.54) is 18.3 Å². The summed E-state index contributed by atoms with van der Waals surface area (Å²) < 4.78 is 13.0. The standard InChI is InChI=1S/C17H12IO4/c19-16-9-15(17(20)22-16)21-12-5-6-14-11(8-12)7-10-3-1-2-4-13(10)18-14/h1-6,8,15H,7,9H2/q+1. The molecule has 2 aliphatic rings. The zero-order valence-corrected chi connectivity index (χ0v) is 13.7. The summed E-state index contributed by atoms with van der Waals surface area (Å²) in [4.78, 5) is 22.6. The van der Waals surface area contributed by atoms with Gasteiger partial charge in [0.15, 0.2) is 7.14 Å². The van der Waals surface area contributed by atoms with Crippen LogP contribution in [0.25, 0.3) is 0 Å². The first-order chi connectivity index (χ1) is 10.7. The van der Waals surface area contributed by atoms with Gasteiger partial charge in [0, 0.05) is 17.5 Å². The first-order valence-corrected chi connectivity index (χ1v) is 9.11. The molecule has 0 saturated carbocycles.